The lowest BCUT2D eigenvalue weighted by Crippen LogP contribution is -2.24. The second-order valence-electron chi connectivity index (χ2n) is 4.44. The van der Waals surface area contributed by atoms with E-state index in [-0.39, 0.29) is 6.04 Å². The van der Waals surface area contributed by atoms with E-state index in [1.54, 1.807) is 12.4 Å². The molecule has 2 aromatic rings. The van der Waals surface area contributed by atoms with Crippen LogP contribution in [-0.4, -0.2) is 16.5 Å². The monoisotopic (exact) mass is 319 g/mol. The third-order valence-corrected chi connectivity index (χ3v) is 3.31. The molecule has 0 aliphatic rings. The number of halogens is 1. The maximum atomic E-state index is 4.35. The predicted octanol–water partition coefficient (Wildman–Crippen LogP) is 3.52. The number of hydrogen-bond acceptors (Lipinski definition) is 3. The van der Waals surface area contributed by atoms with E-state index in [9.17, 15) is 0 Å². The molecular formula is C15H18BrN3. The highest BCUT2D eigenvalue weighted by molar-refractivity contribution is 9.10. The molecule has 1 N–H and O–H groups in total. The van der Waals surface area contributed by atoms with E-state index in [1.165, 1.54) is 5.56 Å². The molecule has 4 heteroatoms. The Bertz CT molecular complexity index is 485. The van der Waals surface area contributed by atoms with Gasteiger partial charge in [0.15, 0.2) is 0 Å². The standard InChI is InChI=1S/C15H18BrN3/c1-2-8-17-14(12-6-4-3-5-7-12)9-15-18-10-13(16)11-19-15/h3-7,10-11,14,17H,2,8-9H2,1H3. The third kappa shape index (κ3) is 4.40. The number of hydrogen-bond donors (Lipinski definition) is 1. The van der Waals surface area contributed by atoms with Crippen LogP contribution in [0, 0.1) is 0 Å². The molecule has 1 heterocycles. The molecule has 2 rings (SSSR count). The zero-order valence-electron chi connectivity index (χ0n) is 11.0. The van der Waals surface area contributed by atoms with Crippen molar-refractivity contribution in [2.45, 2.75) is 25.8 Å². The van der Waals surface area contributed by atoms with E-state index in [2.05, 4.69) is 62.4 Å². The van der Waals surface area contributed by atoms with Gasteiger partial charge in [0, 0.05) is 24.9 Å². The summed E-state index contributed by atoms with van der Waals surface area (Å²) in [4.78, 5) is 8.71. The maximum absolute atomic E-state index is 4.35. The number of rotatable bonds is 6. The topological polar surface area (TPSA) is 37.8 Å². The van der Waals surface area contributed by atoms with Crippen molar-refractivity contribution < 1.29 is 0 Å². The minimum atomic E-state index is 0.266. The van der Waals surface area contributed by atoms with E-state index in [0.717, 1.165) is 29.7 Å². The summed E-state index contributed by atoms with van der Waals surface area (Å²) in [6, 6.07) is 10.7. The maximum Gasteiger partial charge on any atom is 0.130 e. The van der Waals surface area contributed by atoms with Crippen molar-refractivity contribution >= 4 is 15.9 Å². The van der Waals surface area contributed by atoms with Gasteiger partial charge in [-0.25, -0.2) is 9.97 Å². The van der Waals surface area contributed by atoms with Crippen LogP contribution in [0.25, 0.3) is 0 Å². The van der Waals surface area contributed by atoms with Crippen molar-refractivity contribution in [2.24, 2.45) is 0 Å². The zero-order valence-corrected chi connectivity index (χ0v) is 12.6. The first-order chi connectivity index (χ1) is 9.29. The number of nitrogens with one attached hydrogen (secondary N) is 1. The minimum Gasteiger partial charge on any atom is -0.310 e. The molecule has 3 nitrogen and oxygen atoms in total. The lowest BCUT2D eigenvalue weighted by Gasteiger charge is -2.18. The van der Waals surface area contributed by atoms with Gasteiger partial charge in [-0.3, -0.25) is 0 Å². The highest BCUT2D eigenvalue weighted by atomic mass is 79.9. The Kier molecular flexibility index (Phi) is 5.48. The number of aromatic nitrogens is 2. The van der Waals surface area contributed by atoms with Crippen LogP contribution in [0.3, 0.4) is 0 Å². The van der Waals surface area contributed by atoms with Crippen LogP contribution in [-0.2, 0) is 6.42 Å². The van der Waals surface area contributed by atoms with E-state index in [1.807, 2.05) is 6.07 Å². The molecular weight excluding hydrogens is 302 g/mol. The summed E-state index contributed by atoms with van der Waals surface area (Å²) < 4.78 is 0.911. The third-order valence-electron chi connectivity index (χ3n) is 2.90. The van der Waals surface area contributed by atoms with Crippen LogP contribution < -0.4 is 5.32 Å². The fourth-order valence-electron chi connectivity index (χ4n) is 1.94. The quantitative estimate of drug-likeness (QED) is 0.885. The van der Waals surface area contributed by atoms with Gasteiger partial charge in [0.05, 0.1) is 4.47 Å². The van der Waals surface area contributed by atoms with Gasteiger partial charge in [0.25, 0.3) is 0 Å². The molecule has 1 unspecified atom stereocenters. The van der Waals surface area contributed by atoms with Crippen LogP contribution >= 0.6 is 15.9 Å². The van der Waals surface area contributed by atoms with Gasteiger partial charge < -0.3 is 5.32 Å². The molecule has 0 radical (unpaired) electrons. The van der Waals surface area contributed by atoms with Crippen molar-refractivity contribution in [1.82, 2.24) is 15.3 Å². The molecule has 0 saturated heterocycles. The van der Waals surface area contributed by atoms with E-state index < -0.39 is 0 Å². The van der Waals surface area contributed by atoms with Gasteiger partial charge in [-0.05, 0) is 34.5 Å². The second kappa shape index (κ2) is 7.36. The molecule has 100 valence electrons. The summed E-state index contributed by atoms with van der Waals surface area (Å²) in [5, 5.41) is 3.56. The van der Waals surface area contributed by atoms with E-state index in [0.29, 0.717) is 0 Å². The van der Waals surface area contributed by atoms with Gasteiger partial charge in [0.1, 0.15) is 5.82 Å². The van der Waals surface area contributed by atoms with Gasteiger partial charge in [-0.15, -0.1) is 0 Å². The summed E-state index contributed by atoms with van der Waals surface area (Å²) in [7, 11) is 0. The van der Waals surface area contributed by atoms with Crippen LogP contribution in [0.5, 0.6) is 0 Å². The molecule has 0 bridgehead atoms. The normalized spacial score (nSPS) is 12.3. The summed E-state index contributed by atoms with van der Waals surface area (Å²) in [5.74, 6) is 0.862. The fourth-order valence-corrected chi connectivity index (χ4v) is 2.14. The Morgan fingerprint density at radius 1 is 1.16 bits per heavy atom. The average molecular weight is 320 g/mol. The lowest BCUT2D eigenvalue weighted by atomic mass is 10.0. The van der Waals surface area contributed by atoms with Crippen LogP contribution in [0.2, 0.25) is 0 Å². The van der Waals surface area contributed by atoms with Crippen molar-refractivity contribution in [3.05, 3.63) is 58.6 Å². The Morgan fingerprint density at radius 2 is 1.84 bits per heavy atom. The number of benzene rings is 1. The Labute approximate surface area is 122 Å². The largest absolute Gasteiger partial charge is 0.310 e. The predicted molar refractivity (Wildman–Crippen MR) is 80.9 cm³/mol. The molecule has 0 amide bonds. The van der Waals surface area contributed by atoms with Crippen molar-refractivity contribution in [3.8, 4) is 0 Å². The van der Waals surface area contributed by atoms with Crippen molar-refractivity contribution in [3.63, 3.8) is 0 Å². The first kappa shape index (κ1) is 14.2. The molecule has 19 heavy (non-hydrogen) atoms. The molecule has 0 spiro atoms. The summed E-state index contributed by atoms with van der Waals surface area (Å²) in [6.07, 6.45) is 5.51. The average Bonchev–Trinajstić information content (AvgIpc) is 2.46. The van der Waals surface area contributed by atoms with Gasteiger partial charge >= 0.3 is 0 Å². The SMILES string of the molecule is CCCNC(Cc1ncc(Br)cn1)c1ccccc1. The molecule has 0 fully saturated rings. The van der Waals surface area contributed by atoms with Gasteiger partial charge in [-0.1, -0.05) is 37.3 Å². The number of nitrogens with zero attached hydrogens (tertiary/aromatic N) is 2. The van der Waals surface area contributed by atoms with E-state index >= 15 is 0 Å². The highest BCUT2D eigenvalue weighted by Crippen LogP contribution is 2.17. The lowest BCUT2D eigenvalue weighted by molar-refractivity contribution is 0.518. The summed E-state index contributed by atoms with van der Waals surface area (Å²) >= 11 is 3.36. The minimum absolute atomic E-state index is 0.266. The molecule has 0 saturated carbocycles. The molecule has 1 atom stereocenters. The Balaban J connectivity index is 2.11. The van der Waals surface area contributed by atoms with Crippen LogP contribution in [0.15, 0.2) is 47.2 Å². The molecule has 1 aromatic carbocycles. The fraction of sp³-hybridized carbons (Fsp3) is 0.333. The molecule has 0 aliphatic heterocycles. The highest BCUT2D eigenvalue weighted by Gasteiger charge is 2.12. The first-order valence-electron chi connectivity index (χ1n) is 6.54. The Morgan fingerprint density at radius 3 is 2.47 bits per heavy atom. The zero-order chi connectivity index (χ0) is 13.5. The smallest absolute Gasteiger partial charge is 0.130 e. The summed E-state index contributed by atoms with van der Waals surface area (Å²) in [5.41, 5.74) is 1.28. The van der Waals surface area contributed by atoms with Crippen LogP contribution in [0.4, 0.5) is 0 Å². The van der Waals surface area contributed by atoms with Crippen molar-refractivity contribution in [1.29, 1.82) is 0 Å². The first-order valence-corrected chi connectivity index (χ1v) is 7.33. The van der Waals surface area contributed by atoms with Gasteiger partial charge in [-0.2, -0.15) is 0 Å². The van der Waals surface area contributed by atoms with Crippen LogP contribution in [0.1, 0.15) is 30.8 Å². The Hall–Kier alpha value is -1.26. The summed E-state index contributed by atoms with van der Waals surface area (Å²) in [6.45, 7) is 3.17. The van der Waals surface area contributed by atoms with E-state index in [4.69, 9.17) is 0 Å². The van der Waals surface area contributed by atoms with Gasteiger partial charge in [0.2, 0.25) is 0 Å². The molecule has 1 aromatic heterocycles. The van der Waals surface area contributed by atoms with Crippen molar-refractivity contribution in [2.75, 3.05) is 6.54 Å². The molecule has 0 aliphatic carbocycles. The second-order valence-corrected chi connectivity index (χ2v) is 5.35.